The molecule has 0 aliphatic carbocycles. The Morgan fingerprint density at radius 2 is 1.78 bits per heavy atom. The summed E-state index contributed by atoms with van der Waals surface area (Å²) in [5, 5.41) is 1.07. The summed E-state index contributed by atoms with van der Waals surface area (Å²) in [7, 11) is 0. The molecule has 32 heavy (non-hydrogen) atoms. The lowest BCUT2D eigenvalue weighted by Crippen LogP contribution is -2.23. The van der Waals surface area contributed by atoms with Crippen LogP contribution < -0.4 is 0 Å². The number of hydrogen-bond donors (Lipinski definition) is 0. The fourth-order valence-corrected chi connectivity index (χ4v) is 3.95. The van der Waals surface area contributed by atoms with Gasteiger partial charge in [-0.2, -0.15) is 0 Å². The molecule has 0 radical (unpaired) electrons. The van der Waals surface area contributed by atoms with Gasteiger partial charge in [-0.25, -0.2) is 4.39 Å². The topological polar surface area (TPSA) is 47.4 Å². The summed E-state index contributed by atoms with van der Waals surface area (Å²) in [6.45, 7) is 3.99. The van der Waals surface area contributed by atoms with E-state index in [4.69, 9.17) is 4.74 Å². The molecule has 0 aliphatic heterocycles. The molecule has 2 aromatic heterocycles. The first-order valence-electron chi connectivity index (χ1n) is 10.7. The Balaban J connectivity index is 1.65. The minimum Gasteiger partial charge on any atom is -0.465 e. The third-order valence-corrected chi connectivity index (χ3v) is 5.35. The van der Waals surface area contributed by atoms with E-state index in [1.54, 1.807) is 19.2 Å². The number of carbonyl (C=O) groups excluding carboxylic acids is 1. The van der Waals surface area contributed by atoms with Crippen molar-refractivity contribution in [3.63, 3.8) is 0 Å². The molecule has 4 aromatic rings. The van der Waals surface area contributed by atoms with Crippen LogP contribution in [0.15, 0.2) is 79.3 Å². The van der Waals surface area contributed by atoms with Crippen molar-refractivity contribution in [3.8, 4) is 0 Å². The summed E-state index contributed by atoms with van der Waals surface area (Å²) < 4.78 is 21.5. The van der Waals surface area contributed by atoms with Gasteiger partial charge < -0.3 is 9.30 Å². The molecule has 2 heterocycles. The van der Waals surface area contributed by atoms with Crippen molar-refractivity contribution in [1.29, 1.82) is 0 Å². The SMILES string of the molecule is CCOC(=O)Cn1cc(CN(Cc2cccnc2)Cc2ccccc2F)c2ccccc21. The quantitative estimate of drug-likeness (QED) is 0.352. The molecule has 0 saturated carbocycles. The standard InChI is InChI=1S/C26H26FN3O2/c1-2-32-26(31)19-30-18-22(23-10-4-6-12-25(23)30)17-29(15-20-8-7-13-28-14-20)16-21-9-3-5-11-24(21)27/h3-14,18H,2,15-17,19H2,1H3. The molecule has 6 heteroatoms. The van der Waals surface area contributed by atoms with E-state index in [9.17, 15) is 9.18 Å². The van der Waals surface area contributed by atoms with Crippen LogP contribution in [0.3, 0.4) is 0 Å². The van der Waals surface area contributed by atoms with Gasteiger partial charge in [0.2, 0.25) is 0 Å². The van der Waals surface area contributed by atoms with Crippen molar-refractivity contribution < 1.29 is 13.9 Å². The molecule has 0 unspecified atom stereocenters. The molecule has 5 nitrogen and oxygen atoms in total. The summed E-state index contributed by atoms with van der Waals surface area (Å²) in [6, 6.07) is 18.8. The molecule has 0 atom stereocenters. The van der Waals surface area contributed by atoms with Crippen LogP contribution in [0.1, 0.15) is 23.6 Å². The first kappa shape index (κ1) is 21.7. The summed E-state index contributed by atoms with van der Waals surface area (Å²) in [6.07, 6.45) is 5.57. The predicted molar refractivity (Wildman–Crippen MR) is 122 cm³/mol. The number of aromatic nitrogens is 2. The number of hydrogen-bond acceptors (Lipinski definition) is 4. The lowest BCUT2D eigenvalue weighted by atomic mass is 10.1. The van der Waals surface area contributed by atoms with Gasteiger partial charge in [0.05, 0.1) is 6.61 Å². The van der Waals surface area contributed by atoms with Crippen molar-refractivity contribution in [2.45, 2.75) is 33.1 Å². The van der Waals surface area contributed by atoms with E-state index in [0.717, 1.165) is 22.0 Å². The number of fused-ring (bicyclic) bond motifs is 1. The van der Waals surface area contributed by atoms with E-state index in [0.29, 0.717) is 31.8 Å². The maximum absolute atomic E-state index is 14.4. The van der Waals surface area contributed by atoms with Crippen LogP contribution in [0.2, 0.25) is 0 Å². The first-order chi connectivity index (χ1) is 15.6. The minimum absolute atomic E-state index is 0.157. The first-order valence-corrected chi connectivity index (χ1v) is 10.7. The Labute approximate surface area is 187 Å². The second kappa shape index (κ2) is 10.2. The Morgan fingerprint density at radius 3 is 2.56 bits per heavy atom. The van der Waals surface area contributed by atoms with Crippen LogP contribution in [-0.2, 0) is 35.7 Å². The Morgan fingerprint density at radius 1 is 1.00 bits per heavy atom. The van der Waals surface area contributed by atoms with E-state index < -0.39 is 0 Å². The molecular formula is C26H26FN3O2. The van der Waals surface area contributed by atoms with Crippen LogP contribution in [0, 0.1) is 5.82 Å². The Hall–Kier alpha value is -3.51. The van der Waals surface area contributed by atoms with Crippen LogP contribution in [0.5, 0.6) is 0 Å². The fraction of sp³-hybridized carbons (Fsp3) is 0.231. The molecule has 4 rings (SSSR count). The van der Waals surface area contributed by atoms with Crippen molar-refractivity contribution >= 4 is 16.9 Å². The van der Waals surface area contributed by atoms with Crippen molar-refractivity contribution in [1.82, 2.24) is 14.5 Å². The van der Waals surface area contributed by atoms with Crippen molar-refractivity contribution in [2.24, 2.45) is 0 Å². The number of rotatable bonds is 9. The Bertz CT molecular complexity index is 1190. The molecule has 0 fully saturated rings. The fourth-order valence-electron chi connectivity index (χ4n) is 3.95. The van der Waals surface area contributed by atoms with Crippen LogP contribution in [0.25, 0.3) is 10.9 Å². The molecule has 0 aliphatic rings. The lowest BCUT2D eigenvalue weighted by Gasteiger charge is -2.22. The zero-order valence-electron chi connectivity index (χ0n) is 18.1. The largest absolute Gasteiger partial charge is 0.465 e. The van der Waals surface area contributed by atoms with Crippen molar-refractivity contribution in [3.05, 3.63) is 102 Å². The molecule has 0 spiro atoms. The van der Waals surface area contributed by atoms with E-state index in [1.807, 2.05) is 59.4 Å². The monoisotopic (exact) mass is 431 g/mol. The van der Waals surface area contributed by atoms with Gasteiger partial charge in [-0.3, -0.25) is 14.7 Å². The van der Waals surface area contributed by atoms with Crippen molar-refractivity contribution in [2.75, 3.05) is 6.61 Å². The summed E-state index contributed by atoms with van der Waals surface area (Å²) >= 11 is 0. The Kier molecular flexibility index (Phi) is 6.92. The maximum atomic E-state index is 14.4. The zero-order chi connectivity index (χ0) is 22.3. The second-order valence-corrected chi connectivity index (χ2v) is 7.70. The summed E-state index contributed by atoms with van der Waals surface area (Å²) in [5.74, 6) is -0.480. The number of esters is 1. The number of pyridine rings is 1. The number of carbonyl (C=O) groups is 1. The summed E-state index contributed by atoms with van der Waals surface area (Å²) in [4.78, 5) is 18.5. The molecule has 164 valence electrons. The van der Waals surface area contributed by atoms with Crippen LogP contribution >= 0.6 is 0 Å². The highest BCUT2D eigenvalue weighted by atomic mass is 19.1. The van der Waals surface area contributed by atoms with Crippen LogP contribution in [-0.4, -0.2) is 27.0 Å². The number of benzene rings is 2. The van der Waals surface area contributed by atoms with Gasteiger partial charge in [-0.15, -0.1) is 0 Å². The molecule has 0 amide bonds. The van der Waals surface area contributed by atoms with E-state index in [1.165, 1.54) is 6.07 Å². The lowest BCUT2D eigenvalue weighted by molar-refractivity contribution is -0.143. The maximum Gasteiger partial charge on any atom is 0.325 e. The zero-order valence-corrected chi connectivity index (χ0v) is 18.1. The summed E-state index contributed by atoms with van der Waals surface area (Å²) in [5.41, 5.74) is 3.75. The van der Waals surface area contributed by atoms with Gasteiger partial charge in [-0.05, 0) is 36.2 Å². The third kappa shape index (κ3) is 5.21. The highest BCUT2D eigenvalue weighted by molar-refractivity contribution is 5.85. The highest BCUT2D eigenvalue weighted by Crippen LogP contribution is 2.25. The van der Waals surface area contributed by atoms with Gasteiger partial charge in [-0.1, -0.05) is 42.5 Å². The third-order valence-electron chi connectivity index (χ3n) is 5.35. The normalized spacial score (nSPS) is 11.2. The van der Waals surface area contributed by atoms with Gasteiger partial charge in [0, 0.05) is 54.7 Å². The molecule has 0 bridgehead atoms. The molecule has 0 N–H and O–H groups in total. The van der Waals surface area contributed by atoms with Crippen LogP contribution in [0.4, 0.5) is 4.39 Å². The second-order valence-electron chi connectivity index (χ2n) is 7.70. The number of nitrogens with zero attached hydrogens (tertiary/aromatic N) is 3. The predicted octanol–water partition coefficient (Wildman–Crippen LogP) is 4.94. The molecular weight excluding hydrogens is 405 g/mol. The van der Waals surface area contributed by atoms with E-state index in [-0.39, 0.29) is 18.3 Å². The van der Waals surface area contributed by atoms with E-state index >= 15 is 0 Å². The number of para-hydroxylation sites is 1. The average molecular weight is 432 g/mol. The molecule has 2 aromatic carbocycles. The number of ether oxygens (including phenoxy) is 1. The highest BCUT2D eigenvalue weighted by Gasteiger charge is 2.16. The van der Waals surface area contributed by atoms with Gasteiger partial charge in [0.15, 0.2) is 0 Å². The average Bonchev–Trinajstić information content (AvgIpc) is 3.13. The van der Waals surface area contributed by atoms with Gasteiger partial charge in [0.1, 0.15) is 12.4 Å². The van der Waals surface area contributed by atoms with E-state index in [2.05, 4.69) is 16.0 Å². The minimum atomic E-state index is -0.265. The van der Waals surface area contributed by atoms with Gasteiger partial charge in [0.25, 0.3) is 0 Å². The smallest absolute Gasteiger partial charge is 0.325 e. The van der Waals surface area contributed by atoms with Gasteiger partial charge >= 0.3 is 5.97 Å². The molecule has 0 saturated heterocycles. The number of halogens is 1.